The van der Waals surface area contributed by atoms with E-state index in [-0.39, 0.29) is 17.8 Å². The molecular weight excluding hydrogens is 296 g/mol. The number of carbonyl (C=O) groups is 1. The van der Waals surface area contributed by atoms with Crippen molar-refractivity contribution < 1.29 is 9.90 Å². The highest BCUT2D eigenvalue weighted by Gasteiger charge is 1.96. The minimum atomic E-state index is -0.659. The molecule has 1 aromatic rings. The number of nitrogens with two attached hydrogens (primary N) is 3. The number of nitrogens with zero attached hydrogens (tertiary/aromatic N) is 3. The first-order valence-corrected chi connectivity index (χ1v) is 8.20. The summed E-state index contributed by atoms with van der Waals surface area (Å²) < 4.78 is 0. The number of aliphatic carboxylic acids is 1. The van der Waals surface area contributed by atoms with Crippen LogP contribution >= 0.6 is 0 Å². The summed E-state index contributed by atoms with van der Waals surface area (Å²) in [6.07, 6.45) is 11.5. The molecule has 0 fully saturated rings. The molecule has 1 heterocycles. The van der Waals surface area contributed by atoms with E-state index in [1.807, 2.05) is 0 Å². The van der Waals surface area contributed by atoms with Gasteiger partial charge < -0.3 is 22.3 Å². The third-order valence-electron chi connectivity index (χ3n) is 3.18. The number of nitrogen functional groups attached to an aromatic ring is 3. The summed E-state index contributed by atoms with van der Waals surface area (Å²) in [5, 5.41) is 8.41. The van der Waals surface area contributed by atoms with Crippen LogP contribution in [0.1, 0.15) is 71.1 Å². The molecule has 8 heteroatoms. The molecule has 0 saturated heterocycles. The molecule has 132 valence electrons. The van der Waals surface area contributed by atoms with Crippen molar-refractivity contribution in [1.29, 1.82) is 0 Å². The Morgan fingerprint density at radius 1 is 0.783 bits per heavy atom. The molecule has 0 saturated carbocycles. The van der Waals surface area contributed by atoms with Gasteiger partial charge in [-0.05, 0) is 6.42 Å². The summed E-state index contributed by atoms with van der Waals surface area (Å²) in [6, 6.07) is 0. The van der Waals surface area contributed by atoms with Gasteiger partial charge in [0.1, 0.15) is 0 Å². The lowest BCUT2D eigenvalue weighted by Gasteiger charge is -2.00. The van der Waals surface area contributed by atoms with E-state index in [0.717, 1.165) is 12.8 Å². The van der Waals surface area contributed by atoms with Gasteiger partial charge in [-0.1, -0.05) is 58.3 Å². The van der Waals surface area contributed by atoms with Crippen LogP contribution in [0.3, 0.4) is 0 Å². The van der Waals surface area contributed by atoms with Crippen LogP contribution in [0.15, 0.2) is 0 Å². The van der Waals surface area contributed by atoms with Crippen LogP contribution in [-0.2, 0) is 4.79 Å². The van der Waals surface area contributed by atoms with Crippen LogP contribution in [0.4, 0.5) is 17.8 Å². The van der Waals surface area contributed by atoms with E-state index >= 15 is 0 Å². The number of rotatable bonds is 10. The van der Waals surface area contributed by atoms with Gasteiger partial charge in [-0.2, -0.15) is 15.0 Å². The lowest BCUT2D eigenvalue weighted by atomic mass is 10.1. The van der Waals surface area contributed by atoms with E-state index in [1.54, 1.807) is 0 Å². The Hall–Kier alpha value is -2.12. The van der Waals surface area contributed by atoms with Crippen molar-refractivity contribution in [2.45, 2.75) is 71.1 Å². The number of unbranched alkanes of at least 4 members (excludes halogenated alkanes) is 8. The van der Waals surface area contributed by atoms with Crippen molar-refractivity contribution in [1.82, 2.24) is 15.0 Å². The van der Waals surface area contributed by atoms with Crippen molar-refractivity contribution in [2.75, 3.05) is 17.2 Å². The van der Waals surface area contributed by atoms with Gasteiger partial charge in [0, 0.05) is 6.42 Å². The van der Waals surface area contributed by atoms with Gasteiger partial charge in [0.15, 0.2) is 0 Å². The summed E-state index contributed by atoms with van der Waals surface area (Å²) >= 11 is 0. The highest BCUT2D eigenvalue weighted by molar-refractivity contribution is 5.66. The lowest BCUT2D eigenvalue weighted by Crippen LogP contribution is -2.05. The maximum Gasteiger partial charge on any atom is 0.303 e. The molecule has 8 nitrogen and oxygen atoms in total. The first-order valence-electron chi connectivity index (χ1n) is 8.20. The van der Waals surface area contributed by atoms with Crippen molar-refractivity contribution in [3.05, 3.63) is 0 Å². The first kappa shape index (κ1) is 20.9. The molecule has 1 rings (SSSR count). The second kappa shape index (κ2) is 13.5. The van der Waals surface area contributed by atoms with Gasteiger partial charge in [-0.25, -0.2) is 0 Å². The average molecular weight is 326 g/mol. The number of aromatic nitrogens is 3. The summed E-state index contributed by atoms with van der Waals surface area (Å²) in [7, 11) is 0. The van der Waals surface area contributed by atoms with E-state index in [1.165, 1.54) is 44.9 Å². The fourth-order valence-corrected chi connectivity index (χ4v) is 2.01. The van der Waals surface area contributed by atoms with Crippen molar-refractivity contribution in [3.63, 3.8) is 0 Å². The van der Waals surface area contributed by atoms with Crippen LogP contribution < -0.4 is 17.2 Å². The standard InChI is InChI=1S/C12H24O2.C3H6N6/c1-2-3-4-5-6-7-8-9-10-11-12(13)14;4-1-7-2(5)9-3(6)8-1/h2-11H2,1H3,(H,13,14);(H6,4,5,6,7,8,9). The lowest BCUT2D eigenvalue weighted by molar-refractivity contribution is -0.137. The minimum Gasteiger partial charge on any atom is -0.481 e. The molecule has 0 aliphatic rings. The quantitative estimate of drug-likeness (QED) is 0.478. The minimum absolute atomic E-state index is 0.0417. The Balaban J connectivity index is 0.000000459. The number of hydrogen-bond donors (Lipinski definition) is 4. The van der Waals surface area contributed by atoms with E-state index in [2.05, 4.69) is 21.9 Å². The van der Waals surface area contributed by atoms with E-state index in [4.69, 9.17) is 22.3 Å². The first-order chi connectivity index (χ1) is 11.0. The van der Waals surface area contributed by atoms with Gasteiger partial charge in [-0.15, -0.1) is 0 Å². The molecule has 0 aliphatic heterocycles. The number of carboxylic acid groups (broad SMARTS) is 1. The van der Waals surface area contributed by atoms with E-state index in [0.29, 0.717) is 6.42 Å². The highest BCUT2D eigenvalue weighted by Crippen LogP contribution is 2.10. The van der Waals surface area contributed by atoms with Crippen LogP contribution in [0, 0.1) is 0 Å². The van der Waals surface area contributed by atoms with Crippen molar-refractivity contribution >= 4 is 23.8 Å². The monoisotopic (exact) mass is 326 g/mol. The Morgan fingerprint density at radius 3 is 1.48 bits per heavy atom. The number of hydrogen-bond acceptors (Lipinski definition) is 7. The Kier molecular flexibility index (Phi) is 12.3. The summed E-state index contributed by atoms with van der Waals surface area (Å²) in [5.74, 6) is -0.534. The maximum absolute atomic E-state index is 10.2. The zero-order valence-corrected chi connectivity index (χ0v) is 14.0. The molecule has 7 N–H and O–H groups in total. The SMILES string of the molecule is CCCCCCCCCCCC(=O)O.Nc1nc(N)nc(N)n1. The largest absolute Gasteiger partial charge is 0.481 e. The molecular formula is C15H30N6O2. The summed E-state index contributed by atoms with van der Waals surface area (Å²) in [6.45, 7) is 2.23. The molecule has 0 atom stereocenters. The van der Waals surface area contributed by atoms with Crippen LogP contribution in [0.2, 0.25) is 0 Å². The van der Waals surface area contributed by atoms with Crippen LogP contribution in [0.25, 0.3) is 0 Å². The third kappa shape index (κ3) is 14.6. The highest BCUT2D eigenvalue weighted by atomic mass is 16.4. The van der Waals surface area contributed by atoms with Crippen LogP contribution in [-0.4, -0.2) is 26.0 Å². The van der Waals surface area contributed by atoms with Crippen molar-refractivity contribution in [3.8, 4) is 0 Å². The smallest absolute Gasteiger partial charge is 0.303 e. The number of carboxylic acids is 1. The van der Waals surface area contributed by atoms with Crippen molar-refractivity contribution in [2.24, 2.45) is 0 Å². The predicted molar refractivity (Wildman–Crippen MR) is 92.5 cm³/mol. The molecule has 0 aliphatic carbocycles. The molecule has 0 radical (unpaired) electrons. The normalized spacial score (nSPS) is 9.96. The fraction of sp³-hybridized carbons (Fsp3) is 0.733. The van der Waals surface area contributed by atoms with Gasteiger partial charge in [-0.3, -0.25) is 4.79 Å². The molecule has 23 heavy (non-hydrogen) atoms. The molecule has 0 aromatic carbocycles. The topological polar surface area (TPSA) is 154 Å². The van der Waals surface area contributed by atoms with Gasteiger partial charge in [0.2, 0.25) is 17.8 Å². The predicted octanol–water partition coefficient (Wildman–Crippen LogP) is 2.61. The van der Waals surface area contributed by atoms with Gasteiger partial charge in [0.25, 0.3) is 0 Å². The van der Waals surface area contributed by atoms with Crippen LogP contribution in [0.5, 0.6) is 0 Å². The molecule has 0 amide bonds. The van der Waals surface area contributed by atoms with Gasteiger partial charge in [0.05, 0.1) is 0 Å². The zero-order chi connectivity index (χ0) is 17.5. The Labute approximate surface area is 137 Å². The summed E-state index contributed by atoms with van der Waals surface area (Å²) in [5.41, 5.74) is 15.4. The molecule has 1 aromatic heterocycles. The second-order valence-electron chi connectivity index (χ2n) is 5.38. The second-order valence-corrected chi connectivity index (χ2v) is 5.38. The van der Waals surface area contributed by atoms with E-state index in [9.17, 15) is 4.79 Å². The summed E-state index contributed by atoms with van der Waals surface area (Å²) in [4.78, 5) is 20.7. The molecule has 0 unspecified atom stereocenters. The average Bonchev–Trinajstić information content (AvgIpc) is 2.44. The van der Waals surface area contributed by atoms with E-state index < -0.39 is 5.97 Å². The zero-order valence-electron chi connectivity index (χ0n) is 14.0. The Bertz CT molecular complexity index is 391. The maximum atomic E-state index is 10.2. The van der Waals surface area contributed by atoms with Gasteiger partial charge >= 0.3 is 5.97 Å². The fourth-order valence-electron chi connectivity index (χ4n) is 2.01. The third-order valence-corrected chi connectivity index (χ3v) is 3.18. The Morgan fingerprint density at radius 2 is 1.13 bits per heavy atom. The molecule has 0 spiro atoms. The number of anilines is 3. The molecule has 0 bridgehead atoms.